The maximum atomic E-state index is 5.08. The molecule has 0 aliphatic carbocycles. The second-order valence-corrected chi connectivity index (χ2v) is 2.74. The summed E-state index contributed by atoms with van der Waals surface area (Å²) in [5.74, 6) is 0. The number of ether oxygens (including phenoxy) is 1. The fourth-order valence-corrected chi connectivity index (χ4v) is 1.18. The predicted octanol–water partition coefficient (Wildman–Crippen LogP) is 2.61. The van der Waals surface area contributed by atoms with Crippen LogP contribution < -0.4 is 0 Å². The van der Waals surface area contributed by atoms with Crippen molar-refractivity contribution in [3.63, 3.8) is 0 Å². The molecule has 0 unspecified atom stereocenters. The first-order chi connectivity index (χ1) is 5.95. The van der Waals surface area contributed by atoms with E-state index in [1.807, 2.05) is 24.3 Å². The van der Waals surface area contributed by atoms with Crippen molar-refractivity contribution in [2.45, 2.75) is 0 Å². The largest absolute Gasteiger partial charge is 0.497 e. The lowest BCUT2D eigenvalue weighted by Crippen LogP contribution is -1.81. The first-order valence-electron chi connectivity index (χ1n) is 3.99. The Kier molecular flexibility index (Phi) is 1.95. The number of hydrogen-bond acceptors (Lipinski definition) is 1. The van der Waals surface area contributed by atoms with Crippen molar-refractivity contribution in [2.24, 2.45) is 0 Å². The van der Waals surface area contributed by atoms with E-state index in [-0.39, 0.29) is 0 Å². The zero-order valence-electron chi connectivity index (χ0n) is 6.73. The zero-order valence-corrected chi connectivity index (χ0v) is 6.73. The van der Waals surface area contributed by atoms with Crippen molar-refractivity contribution in [1.82, 2.24) is 0 Å². The molecule has 0 bridgehead atoms. The van der Waals surface area contributed by atoms with E-state index in [9.17, 15) is 0 Å². The van der Waals surface area contributed by atoms with Crippen LogP contribution in [0.15, 0.2) is 48.2 Å². The minimum Gasteiger partial charge on any atom is -0.497 e. The van der Waals surface area contributed by atoms with E-state index < -0.39 is 0 Å². The van der Waals surface area contributed by atoms with E-state index in [0.29, 0.717) is 6.61 Å². The van der Waals surface area contributed by atoms with Gasteiger partial charge in [-0.25, -0.2) is 0 Å². The van der Waals surface area contributed by atoms with Crippen molar-refractivity contribution in [2.75, 3.05) is 6.61 Å². The van der Waals surface area contributed by atoms with Crippen LogP contribution >= 0.6 is 0 Å². The van der Waals surface area contributed by atoms with Gasteiger partial charge < -0.3 is 4.74 Å². The molecule has 0 aromatic heterocycles. The Morgan fingerprint density at radius 2 is 2.00 bits per heavy atom. The Bertz CT molecular complexity index is 309. The van der Waals surface area contributed by atoms with Gasteiger partial charge in [-0.3, -0.25) is 0 Å². The maximum Gasteiger partial charge on any atom is 0.113 e. The summed E-state index contributed by atoms with van der Waals surface area (Å²) < 4.78 is 5.08. The lowest BCUT2D eigenvalue weighted by atomic mass is 10.1. The van der Waals surface area contributed by atoms with E-state index >= 15 is 0 Å². The summed E-state index contributed by atoms with van der Waals surface area (Å²) in [4.78, 5) is 0. The molecule has 1 heteroatoms. The fraction of sp³-hybridized carbons (Fsp3) is 0.0909. The predicted molar refractivity (Wildman–Crippen MR) is 49.5 cm³/mol. The average molecular weight is 158 g/mol. The van der Waals surface area contributed by atoms with Crippen LogP contribution in [-0.2, 0) is 4.74 Å². The molecule has 0 radical (unpaired) electrons. The van der Waals surface area contributed by atoms with E-state index in [1.54, 1.807) is 6.26 Å². The zero-order chi connectivity index (χ0) is 8.23. The summed E-state index contributed by atoms with van der Waals surface area (Å²) in [5, 5.41) is 0. The molecule has 2 rings (SSSR count). The quantitative estimate of drug-likeness (QED) is 0.610. The van der Waals surface area contributed by atoms with Gasteiger partial charge in [0.15, 0.2) is 0 Å². The molecule has 0 saturated heterocycles. The minimum absolute atomic E-state index is 0.703. The van der Waals surface area contributed by atoms with E-state index in [0.717, 1.165) is 0 Å². The molecular formula is C11H10O. The Morgan fingerprint density at radius 3 is 2.67 bits per heavy atom. The molecule has 1 heterocycles. The normalized spacial score (nSPS) is 18.2. The lowest BCUT2D eigenvalue weighted by Gasteiger charge is -1.94. The van der Waals surface area contributed by atoms with Gasteiger partial charge in [-0.1, -0.05) is 30.3 Å². The molecule has 0 atom stereocenters. The molecule has 1 aliphatic heterocycles. The van der Waals surface area contributed by atoms with Gasteiger partial charge in [0.25, 0.3) is 0 Å². The van der Waals surface area contributed by atoms with Crippen LogP contribution in [0.2, 0.25) is 0 Å². The van der Waals surface area contributed by atoms with Gasteiger partial charge in [-0.2, -0.15) is 0 Å². The van der Waals surface area contributed by atoms with Crippen molar-refractivity contribution >= 4 is 6.08 Å². The molecular weight excluding hydrogens is 148 g/mol. The molecule has 1 aliphatic rings. The van der Waals surface area contributed by atoms with Crippen LogP contribution in [0.1, 0.15) is 5.56 Å². The molecule has 1 aromatic carbocycles. The minimum atomic E-state index is 0.703. The standard InChI is InChI=1S/C11H10O/c1-2-4-10(5-3-1)8-11-6-7-12-9-11/h1-8H,9H2. The number of rotatable bonds is 1. The lowest BCUT2D eigenvalue weighted by molar-refractivity contribution is 0.302. The molecule has 60 valence electrons. The van der Waals surface area contributed by atoms with Crippen LogP contribution in [0.4, 0.5) is 0 Å². The van der Waals surface area contributed by atoms with Crippen molar-refractivity contribution in [1.29, 1.82) is 0 Å². The van der Waals surface area contributed by atoms with Gasteiger partial charge in [-0.05, 0) is 23.3 Å². The molecule has 12 heavy (non-hydrogen) atoms. The van der Waals surface area contributed by atoms with Crippen LogP contribution in [0.5, 0.6) is 0 Å². The first-order valence-corrected chi connectivity index (χ1v) is 3.99. The van der Waals surface area contributed by atoms with Crippen LogP contribution in [-0.4, -0.2) is 6.61 Å². The molecule has 0 N–H and O–H groups in total. The van der Waals surface area contributed by atoms with Gasteiger partial charge in [0.2, 0.25) is 0 Å². The van der Waals surface area contributed by atoms with Gasteiger partial charge in [-0.15, -0.1) is 0 Å². The Labute approximate surface area is 72.0 Å². The van der Waals surface area contributed by atoms with E-state index in [1.165, 1.54) is 11.1 Å². The van der Waals surface area contributed by atoms with Gasteiger partial charge in [0.1, 0.15) is 6.61 Å². The Hall–Kier alpha value is -1.50. The molecule has 0 spiro atoms. The van der Waals surface area contributed by atoms with Crippen LogP contribution in [0, 0.1) is 0 Å². The molecule has 1 nitrogen and oxygen atoms in total. The molecule has 0 amide bonds. The van der Waals surface area contributed by atoms with Crippen LogP contribution in [0.25, 0.3) is 6.08 Å². The Morgan fingerprint density at radius 1 is 1.17 bits per heavy atom. The highest BCUT2D eigenvalue weighted by atomic mass is 16.5. The summed E-state index contributed by atoms with van der Waals surface area (Å²) >= 11 is 0. The second kappa shape index (κ2) is 3.26. The van der Waals surface area contributed by atoms with Crippen molar-refractivity contribution in [3.05, 3.63) is 53.8 Å². The molecule has 0 fully saturated rings. The second-order valence-electron chi connectivity index (χ2n) is 2.74. The summed E-state index contributed by atoms with van der Waals surface area (Å²) in [6, 6.07) is 10.2. The topological polar surface area (TPSA) is 9.23 Å². The van der Waals surface area contributed by atoms with Gasteiger partial charge >= 0.3 is 0 Å². The average Bonchev–Trinajstić information content (AvgIpc) is 2.59. The summed E-state index contributed by atoms with van der Waals surface area (Å²) in [5.41, 5.74) is 2.45. The van der Waals surface area contributed by atoms with Crippen molar-refractivity contribution in [3.8, 4) is 0 Å². The summed E-state index contributed by atoms with van der Waals surface area (Å²) in [6.45, 7) is 0.703. The third-order valence-electron chi connectivity index (χ3n) is 1.78. The fourth-order valence-electron chi connectivity index (χ4n) is 1.18. The van der Waals surface area contributed by atoms with E-state index in [4.69, 9.17) is 4.74 Å². The molecule has 0 saturated carbocycles. The maximum absolute atomic E-state index is 5.08. The smallest absolute Gasteiger partial charge is 0.113 e. The Balaban J connectivity index is 2.22. The van der Waals surface area contributed by atoms with E-state index in [2.05, 4.69) is 18.2 Å². The monoisotopic (exact) mass is 158 g/mol. The van der Waals surface area contributed by atoms with Crippen LogP contribution in [0.3, 0.4) is 0 Å². The van der Waals surface area contributed by atoms with Crippen molar-refractivity contribution < 1.29 is 4.74 Å². The third kappa shape index (κ3) is 1.56. The molecule has 1 aromatic rings. The summed E-state index contributed by atoms with van der Waals surface area (Å²) in [6.07, 6.45) is 5.85. The number of hydrogen-bond donors (Lipinski definition) is 0. The van der Waals surface area contributed by atoms with Gasteiger partial charge in [0, 0.05) is 0 Å². The number of benzene rings is 1. The highest BCUT2D eigenvalue weighted by molar-refractivity contribution is 5.56. The highest BCUT2D eigenvalue weighted by Crippen LogP contribution is 2.12. The summed E-state index contributed by atoms with van der Waals surface area (Å²) in [7, 11) is 0. The third-order valence-corrected chi connectivity index (χ3v) is 1.78. The highest BCUT2D eigenvalue weighted by Gasteiger charge is 1.98. The SMILES string of the molecule is C1=CC(=Cc2ccccc2)CO1. The van der Waals surface area contributed by atoms with Gasteiger partial charge in [0.05, 0.1) is 6.26 Å². The first kappa shape index (κ1) is 7.17.